The van der Waals surface area contributed by atoms with Crippen molar-refractivity contribution in [1.82, 2.24) is 0 Å². The molecule has 0 aromatic heterocycles. The van der Waals surface area contributed by atoms with Crippen molar-refractivity contribution in [3.05, 3.63) is 65.7 Å². The van der Waals surface area contributed by atoms with Gasteiger partial charge in [0.2, 0.25) is 5.90 Å². The molecule has 180 valence electrons. The Bertz CT molecular complexity index is 806. The molecule has 0 spiro atoms. The van der Waals surface area contributed by atoms with Gasteiger partial charge in [-0.05, 0) is 42.7 Å². The Kier molecular flexibility index (Phi) is 11.3. The minimum atomic E-state index is 0.0629. The molecule has 3 rings (SSSR count). The Morgan fingerprint density at radius 1 is 0.970 bits per heavy atom. The molecule has 2 aromatic carbocycles. The summed E-state index contributed by atoms with van der Waals surface area (Å²) in [4.78, 5) is 4.67. The van der Waals surface area contributed by atoms with Gasteiger partial charge < -0.3 is 18.9 Å². The van der Waals surface area contributed by atoms with Crippen LogP contribution in [0.4, 0.5) is 0 Å². The number of hydrogen-bond acceptors (Lipinski definition) is 5. The van der Waals surface area contributed by atoms with Crippen LogP contribution in [0.15, 0.2) is 59.6 Å². The molecule has 33 heavy (non-hydrogen) atoms. The molecule has 0 amide bonds. The van der Waals surface area contributed by atoms with Crippen LogP contribution in [-0.4, -0.2) is 45.0 Å². The van der Waals surface area contributed by atoms with Gasteiger partial charge in [0.25, 0.3) is 0 Å². The second-order valence-corrected chi connectivity index (χ2v) is 8.61. The summed E-state index contributed by atoms with van der Waals surface area (Å²) in [6.45, 7) is 4.71. The van der Waals surface area contributed by atoms with Crippen molar-refractivity contribution < 1.29 is 18.9 Å². The molecular formula is C28H39NO4. The maximum absolute atomic E-state index is 6.28. The van der Waals surface area contributed by atoms with E-state index in [4.69, 9.17) is 18.9 Å². The van der Waals surface area contributed by atoms with E-state index in [-0.39, 0.29) is 12.1 Å². The highest BCUT2D eigenvalue weighted by atomic mass is 16.5. The first-order valence-electron chi connectivity index (χ1n) is 12.4. The van der Waals surface area contributed by atoms with Crippen molar-refractivity contribution in [2.75, 3.05) is 26.9 Å². The summed E-state index contributed by atoms with van der Waals surface area (Å²) in [5.41, 5.74) is 2.19. The van der Waals surface area contributed by atoms with E-state index in [9.17, 15) is 0 Å². The fourth-order valence-corrected chi connectivity index (χ4v) is 3.90. The molecule has 0 unspecified atom stereocenters. The van der Waals surface area contributed by atoms with Crippen LogP contribution in [0.2, 0.25) is 0 Å². The molecule has 1 aliphatic rings. The average molecular weight is 454 g/mol. The molecule has 1 aliphatic heterocycles. The first-order chi connectivity index (χ1) is 16.3. The van der Waals surface area contributed by atoms with Crippen LogP contribution in [-0.2, 0) is 20.8 Å². The Morgan fingerprint density at radius 2 is 1.76 bits per heavy atom. The van der Waals surface area contributed by atoms with Gasteiger partial charge in [-0.3, -0.25) is 0 Å². The summed E-state index contributed by atoms with van der Waals surface area (Å²) in [6.07, 6.45) is 8.54. The predicted molar refractivity (Wildman–Crippen MR) is 133 cm³/mol. The minimum absolute atomic E-state index is 0.0629. The number of benzene rings is 2. The van der Waals surface area contributed by atoms with Crippen LogP contribution >= 0.6 is 0 Å². The smallest absolute Gasteiger partial charge is 0.216 e. The van der Waals surface area contributed by atoms with E-state index in [0.29, 0.717) is 26.4 Å². The van der Waals surface area contributed by atoms with Gasteiger partial charge in [0.05, 0.1) is 26.4 Å². The second-order valence-electron chi connectivity index (χ2n) is 8.61. The Morgan fingerprint density at radius 3 is 2.52 bits per heavy atom. The number of unbranched alkanes of at least 4 members (excludes halogenated alkanes) is 4. The molecule has 2 atom stereocenters. The molecule has 2 aromatic rings. The van der Waals surface area contributed by atoms with Crippen molar-refractivity contribution in [2.24, 2.45) is 4.99 Å². The lowest BCUT2D eigenvalue weighted by atomic mass is 10.1. The zero-order valence-corrected chi connectivity index (χ0v) is 20.2. The predicted octanol–water partition coefficient (Wildman–Crippen LogP) is 6.19. The largest absolute Gasteiger partial charge is 0.497 e. The number of ether oxygens (including phenoxy) is 4. The third-order valence-electron chi connectivity index (χ3n) is 5.90. The SMILES string of the molecule is CCCCCCC[C@@H](CCOC[C@@H]1COC(c2ccccc2)=N1)OCc1ccc(OC)cc1. The van der Waals surface area contributed by atoms with Crippen molar-refractivity contribution in [1.29, 1.82) is 0 Å². The average Bonchev–Trinajstić information content (AvgIpc) is 3.34. The molecule has 1 heterocycles. The topological polar surface area (TPSA) is 49.3 Å². The number of aliphatic imine (C=N–C) groups is 1. The van der Waals surface area contributed by atoms with E-state index in [1.54, 1.807) is 7.11 Å². The first-order valence-corrected chi connectivity index (χ1v) is 12.4. The van der Waals surface area contributed by atoms with Crippen molar-refractivity contribution >= 4 is 5.90 Å². The van der Waals surface area contributed by atoms with Crippen molar-refractivity contribution in [3.63, 3.8) is 0 Å². The molecule has 5 nitrogen and oxygen atoms in total. The number of methoxy groups -OCH3 is 1. The molecule has 0 saturated carbocycles. The number of rotatable bonds is 16. The Balaban J connectivity index is 1.40. The maximum atomic E-state index is 6.28. The summed E-state index contributed by atoms with van der Waals surface area (Å²) in [6, 6.07) is 18.2. The van der Waals surface area contributed by atoms with Crippen LogP contribution in [0, 0.1) is 0 Å². The number of hydrogen-bond donors (Lipinski definition) is 0. The van der Waals surface area contributed by atoms with E-state index in [1.165, 1.54) is 37.7 Å². The van der Waals surface area contributed by atoms with Gasteiger partial charge in [-0.1, -0.05) is 69.4 Å². The van der Waals surface area contributed by atoms with Crippen LogP contribution in [0.3, 0.4) is 0 Å². The van der Waals surface area contributed by atoms with Gasteiger partial charge in [0.15, 0.2) is 0 Å². The van der Waals surface area contributed by atoms with E-state index in [0.717, 1.165) is 30.1 Å². The van der Waals surface area contributed by atoms with Gasteiger partial charge in [-0.2, -0.15) is 0 Å². The Labute approximate surface area is 199 Å². The van der Waals surface area contributed by atoms with Crippen molar-refractivity contribution in [3.8, 4) is 5.75 Å². The molecule has 0 N–H and O–H groups in total. The van der Waals surface area contributed by atoms with Gasteiger partial charge in [0.1, 0.15) is 18.4 Å². The molecule has 0 aliphatic carbocycles. The molecule has 0 saturated heterocycles. The zero-order valence-electron chi connectivity index (χ0n) is 20.2. The molecular weight excluding hydrogens is 414 g/mol. The standard InChI is InChI=1S/C28H39NO4/c1-3-4-5-6-10-13-27(32-20-23-14-16-26(30-2)17-15-23)18-19-31-21-25-22-33-28(29-25)24-11-8-7-9-12-24/h7-9,11-12,14-17,25,27H,3-6,10,13,18-22H2,1-2H3/t25-,27+/m1/s1. The monoisotopic (exact) mass is 453 g/mol. The molecule has 5 heteroatoms. The van der Waals surface area contributed by atoms with Gasteiger partial charge in [-0.15, -0.1) is 0 Å². The maximum Gasteiger partial charge on any atom is 0.216 e. The zero-order chi connectivity index (χ0) is 23.1. The van der Waals surface area contributed by atoms with Crippen LogP contribution in [0.25, 0.3) is 0 Å². The summed E-state index contributed by atoms with van der Waals surface area (Å²) in [5.74, 6) is 1.59. The van der Waals surface area contributed by atoms with E-state index >= 15 is 0 Å². The second kappa shape index (κ2) is 14.7. The van der Waals surface area contributed by atoms with Crippen LogP contribution in [0.1, 0.15) is 63.0 Å². The first kappa shape index (κ1) is 25.3. The molecule has 0 bridgehead atoms. The minimum Gasteiger partial charge on any atom is -0.497 e. The summed E-state index contributed by atoms with van der Waals surface area (Å²) in [7, 11) is 1.69. The van der Waals surface area contributed by atoms with E-state index < -0.39 is 0 Å². The quantitative estimate of drug-likeness (QED) is 0.284. The summed E-state index contributed by atoms with van der Waals surface area (Å²) >= 11 is 0. The van der Waals surface area contributed by atoms with Gasteiger partial charge in [-0.25, -0.2) is 4.99 Å². The molecule has 0 fully saturated rings. The van der Waals surface area contributed by atoms with E-state index in [2.05, 4.69) is 24.0 Å². The lowest BCUT2D eigenvalue weighted by molar-refractivity contribution is 0.00364. The third-order valence-corrected chi connectivity index (χ3v) is 5.90. The number of nitrogens with zero attached hydrogens (tertiary/aromatic N) is 1. The van der Waals surface area contributed by atoms with E-state index in [1.807, 2.05) is 42.5 Å². The summed E-state index contributed by atoms with van der Waals surface area (Å²) < 4.78 is 23.3. The van der Waals surface area contributed by atoms with Crippen LogP contribution in [0.5, 0.6) is 5.75 Å². The fourth-order valence-electron chi connectivity index (χ4n) is 3.90. The van der Waals surface area contributed by atoms with Crippen LogP contribution < -0.4 is 4.74 Å². The van der Waals surface area contributed by atoms with Gasteiger partial charge in [0, 0.05) is 12.2 Å². The fraction of sp³-hybridized carbons (Fsp3) is 0.536. The lowest BCUT2D eigenvalue weighted by Crippen LogP contribution is -2.19. The highest BCUT2D eigenvalue weighted by molar-refractivity contribution is 5.95. The summed E-state index contributed by atoms with van der Waals surface area (Å²) in [5, 5.41) is 0. The Hall–Kier alpha value is -2.37. The van der Waals surface area contributed by atoms with Gasteiger partial charge >= 0.3 is 0 Å². The lowest BCUT2D eigenvalue weighted by Gasteiger charge is -2.19. The highest BCUT2D eigenvalue weighted by Gasteiger charge is 2.20. The normalized spacial score (nSPS) is 16.3. The van der Waals surface area contributed by atoms with Crippen molar-refractivity contribution in [2.45, 2.75) is 70.6 Å². The molecule has 0 radical (unpaired) electrons. The third kappa shape index (κ3) is 9.18. The highest BCUT2D eigenvalue weighted by Crippen LogP contribution is 2.17.